The van der Waals surface area contributed by atoms with Gasteiger partial charge in [0, 0.05) is 19.3 Å². The second kappa shape index (κ2) is 63.4. The lowest BCUT2D eigenvalue weighted by Gasteiger charge is -2.18. The summed E-state index contributed by atoms with van der Waals surface area (Å²) >= 11 is 0. The molecule has 434 valence electrons. The van der Waals surface area contributed by atoms with Gasteiger partial charge in [-0.1, -0.05) is 273 Å². The van der Waals surface area contributed by atoms with Crippen LogP contribution in [0.2, 0.25) is 0 Å². The number of carbonyl (C=O) groups excluding carboxylic acids is 3. The third-order valence-electron chi connectivity index (χ3n) is 14.2. The van der Waals surface area contributed by atoms with Crippen LogP contribution >= 0.6 is 0 Å². The van der Waals surface area contributed by atoms with Gasteiger partial charge in [-0.2, -0.15) is 0 Å². The first-order valence-corrected chi connectivity index (χ1v) is 32.4. The fourth-order valence-electron chi connectivity index (χ4n) is 9.31. The van der Waals surface area contributed by atoms with E-state index in [9.17, 15) is 14.4 Å². The molecule has 0 bridgehead atoms. The number of carbonyl (C=O) groups is 3. The van der Waals surface area contributed by atoms with E-state index in [1.807, 2.05) is 0 Å². The number of esters is 3. The van der Waals surface area contributed by atoms with Crippen LogP contribution in [-0.2, 0) is 28.6 Å². The average Bonchev–Trinajstić information content (AvgIpc) is 3.41. The highest BCUT2D eigenvalue weighted by atomic mass is 16.6. The normalized spacial score (nSPS) is 12.5. The second-order valence-electron chi connectivity index (χ2n) is 21.6. The van der Waals surface area contributed by atoms with E-state index in [0.29, 0.717) is 19.3 Å². The number of rotatable bonds is 59. The first kappa shape index (κ1) is 71.8. The van der Waals surface area contributed by atoms with Crippen LogP contribution in [0.3, 0.4) is 0 Å². The summed E-state index contributed by atoms with van der Waals surface area (Å²) in [6, 6.07) is 0. The van der Waals surface area contributed by atoms with E-state index in [1.54, 1.807) is 0 Å². The Morgan fingerprint density at radius 2 is 0.520 bits per heavy atom. The molecule has 0 rings (SSSR count). The van der Waals surface area contributed by atoms with Gasteiger partial charge in [0.1, 0.15) is 13.2 Å². The van der Waals surface area contributed by atoms with Gasteiger partial charge in [-0.3, -0.25) is 14.4 Å². The fraction of sp³-hybridized carbons (Fsp3) is 0.783. The highest BCUT2D eigenvalue weighted by Crippen LogP contribution is 2.16. The van der Waals surface area contributed by atoms with Crippen molar-refractivity contribution in [3.63, 3.8) is 0 Å². The molecule has 0 spiro atoms. The summed E-state index contributed by atoms with van der Waals surface area (Å²) in [5.74, 6) is -0.877. The third kappa shape index (κ3) is 61.6. The Bertz CT molecular complexity index is 1390. The standard InChI is InChI=1S/C69H122O6/c1-4-7-10-13-16-19-22-25-28-31-33-34-36-38-41-44-47-50-53-56-59-62-68(71)74-65-66(64-73-67(70)61-58-55-52-49-46-43-40-37-30-27-24-21-18-15-12-9-6-3)75-69(72)63-60-57-54-51-48-45-42-39-35-32-29-26-23-20-17-14-11-8-5-2/h7,10,16,19,25-30,33-34,66H,4-6,8-9,11-15,17-18,20-24,31-32,35-65H2,1-3H3/b10-7-,19-16-,28-25-,29-26-,30-27-,34-33-. The zero-order valence-corrected chi connectivity index (χ0v) is 49.8. The molecule has 0 aromatic heterocycles. The number of hydrogen-bond donors (Lipinski definition) is 0. The summed E-state index contributed by atoms with van der Waals surface area (Å²) in [6.45, 7) is 6.55. The Balaban J connectivity index is 4.38. The van der Waals surface area contributed by atoms with Gasteiger partial charge in [0.15, 0.2) is 6.10 Å². The largest absolute Gasteiger partial charge is 0.462 e. The lowest BCUT2D eigenvalue weighted by Crippen LogP contribution is -2.30. The van der Waals surface area contributed by atoms with Crippen molar-refractivity contribution in [3.8, 4) is 0 Å². The van der Waals surface area contributed by atoms with Crippen molar-refractivity contribution in [3.05, 3.63) is 72.9 Å². The van der Waals surface area contributed by atoms with Crippen LogP contribution in [0.25, 0.3) is 0 Å². The fourth-order valence-corrected chi connectivity index (χ4v) is 9.31. The maximum atomic E-state index is 12.9. The molecule has 0 amide bonds. The topological polar surface area (TPSA) is 78.9 Å². The Labute approximate surface area is 465 Å². The maximum Gasteiger partial charge on any atom is 0.306 e. The quantitative estimate of drug-likeness (QED) is 0.0261. The van der Waals surface area contributed by atoms with Crippen LogP contribution in [0.5, 0.6) is 0 Å². The number of unbranched alkanes of at least 4 members (excludes halogenated alkanes) is 36. The summed E-state index contributed by atoms with van der Waals surface area (Å²) < 4.78 is 17.0. The summed E-state index contributed by atoms with van der Waals surface area (Å²) in [5.41, 5.74) is 0. The molecule has 0 radical (unpaired) electrons. The molecule has 0 saturated carbocycles. The van der Waals surface area contributed by atoms with Gasteiger partial charge < -0.3 is 14.2 Å². The van der Waals surface area contributed by atoms with Crippen molar-refractivity contribution in [2.24, 2.45) is 0 Å². The number of hydrogen-bond acceptors (Lipinski definition) is 6. The maximum absolute atomic E-state index is 12.9. The van der Waals surface area contributed by atoms with Crippen LogP contribution in [0, 0.1) is 0 Å². The molecule has 0 saturated heterocycles. The van der Waals surface area contributed by atoms with Crippen LogP contribution in [0.1, 0.15) is 329 Å². The summed E-state index contributed by atoms with van der Waals surface area (Å²) in [5, 5.41) is 0. The molecule has 0 aliphatic heterocycles. The molecule has 0 aliphatic rings. The van der Waals surface area contributed by atoms with Gasteiger partial charge in [-0.25, -0.2) is 0 Å². The van der Waals surface area contributed by atoms with Gasteiger partial charge in [0.05, 0.1) is 0 Å². The Kier molecular flexibility index (Phi) is 60.7. The lowest BCUT2D eigenvalue weighted by molar-refractivity contribution is -0.167. The minimum atomic E-state index is -0.783. The minimum Gasteiger partial charge on any atom is -0.462 e. The first-order chi connectivity index (χ1) is 37.0. The second-order valence-corrected chi connectivity index (χ2v) is 21.6. The molecule has 75 heavy (non-hydrogen) atoms. The van der Waals surface area contributed by atoms with Crippen molar-refractivity contribution in [2.45, 2.75) is 335 Å². The molecule has 0 N–H and O–H groups in total. The van der Waals surface area contributed by atoms with Crippen molar-refractivity contribution in [1.29, 1.82) is 0 Å². The van der Waals surface area contributed by atoms with E-state index in [1.165, 1.54) is 199 Å². The monoisotopic (exact) mass is 1050 g/mol. The van der Waals surface area contributed by atoms with Crippen molar-refractivity contribution in [1.82, 2.24) is 0 Å². The minimum absolute atomic E-state index is 0.0792. The SMILES string of the molecule is CC/C=C\C/C=C\C/C=C\C/C=C\CCCCCCCCCCC(=O)OCC(COC(=O)CCCCCCCCC/C=C\CCCCCCCC)OC(=O)CCCCCCCCCCC/C=C\CCCCCCCC. The van der Waals surface area contributed by atoms with Crippen molar-refractivity contribution < 1.29 is 28.6 Å². The van der Waals surface area contributed by atoms with Gasteiger partial charge in [0.25, 0.3) is 0 Å². The third-order valence-corrected chi connectivity index (χ3v) is 14.2. The van der Waals surface area contributed by atoms with E-state index >= 15 is 0 Å². The summed E-state index contributed by atoms with van der Waals surface area (Å²) in [4.78, 5) is 38.4. The number of allylic oxidation sites excluding steroid dienone is 12. The molecule has 0 heterocycles. The summed E-state index contributed by atoms with van der Waals surface area (Å²) in [6.07, 6.45) is 81.8. The zero-order chi connectivity index (χ0) is 54.3. The predicted molar refractivity (Wildman–Crippen MR) is 325 cm³/mol. The van der Waals surface area contributed by atoms with Crippen molar-refractivity contribution >= 4 is 17.9 Å². The highest BCUT2D eigenvalue weighted by molar-refractivity contribution is 5.71. The lowest BCUT2D eigenvalue weighted by atomic mass is 10.1. The van der Waals surface area contributed by atoms with Gasteiger partial charge in [-0.05, 0) is 109 Å². The highest BCUT2D eigenvalue weighted by Gasteiger charge is 2.19. The van der Waals surface area contributed by atoms with E-state index in [-0.39, 0.29) is 31.1 Å². The van der Waals surface area contributed by atoms with E-state index in [4.69, 9.17) is 14.2 Å². The van der Waals surface area contributed by atoms with E-state index in [2.05, 4.69) is 93.7 Å². The molecule has 0 aliphatic carbocycles. The molecule has 6 nitrogen and oxygen atoms in total. The molecule has 1 unspecified atom stereocenters. The Hall–Kier alpha value is -3.15. The van der Waals surface area contributed by atoms with Crippen LogP contribution in [-0.4, -0.2) is 37.2 Å². The van der Waals surface area contributed by atoms with Gasteiger partial charge >= 0.3 is 17.9 Å². The first-order valence-electron chi connectivity index (χ1n) is 32.4. The van der Waals surface area contributed by atoms with Gasteiger partial charge in [-0.15, -0.1) is 0 Å². The van der Waals surface area contributed by atoms with Crippen molar-refractivity contribution in [2.75, 3.05) is 13.2 Å². The zero-order valence-electron chi connectivity index (χ0n) is 49.8. The van der Waals surface area contributed by atoms with E-state index < -0.39 is 6.10 Å². The van der Waals surface area contributed by atoms with E-state index in [0.717, 1.165) is 89.9 Å². The molecule has 1 atom stereocenters. The molecule has 6 heteroatoms. The molecule has 0 fully saturated rings. The number of ether oxygens (including phenoxy) is 3. The Morgan fingerprint density at radius 1 is 0.280 bits per heavy atom. The molecular weight excluding hydrogens is 925 g/mol. The van der Waals surface area contributed by atoms with Crippen LogP contribution in [0.15, 0.2) is 72.9 Å². The Morgan fingerprint density at radius 3 is 0.827 bits per heavy atom. The molecule has 0 aromatic carbocycles. The smallest absolute Gasteiger partial charge is 0.306 e. The summed E-state index contributed by atoms with van der Waals surface area (Å²) in [7, 11) is 0. The molecular formula is C69H122O6. The average molecular weight is 1050 g/mol. The van der Waals surface area contributed by atoms with Crippen LogP contribution in [0.4, 0.5) is 0 Å². The molecule has 0 aromatic rings. The van der Waals surface area contributed by atoms with Gasteiger partial charge in [0.2, 0.25) is 0 Å². The predicted octanol–water partition coefficient (Wildman–Crippen LogP) is 22.1. The van der Waals surface area contributed by atoms with Crippen LogP contribution < -0.4 is 0 Å².